The third kappa shape index (κ3) is 3.81. The smallest absolute Gasteiger partial charge is 0.223 e. The summed E-state index contributed by atoms with van der Waals surface area (Å²) in [6, 6.07) is 5.63. The van der Waals surface area contributed by atoms with Crippen molar-refractivity contribution in [1.82, 2.24) is 5.32 Å². The standard InChI is InChI=1S/C18H24ClNO3/c1-2-23-16-4-3-14(19)11-13(16)5-8-20-17(21)15-12-18(15)6-9-22-10-7-18/h3-4,11,15H,2,5-10,12H2,1H3,(H,20,21). The SMILES string of the molecule is CCOc1ccc(Cl)cc1CCNC(=O)C1CC12CCOCC2. The maximum absolute atomic E-state index is 12.3. The fourth-order valence-electron chi connectivity index (χ4n) is 3.53. The lowest BCUT2D eigenvalue weighted by atomic mass is 9.93. The summed E-state index contributed by atoms with van der Waals surface area (Å²) in [7, 11) is 0. The summed E-state index contributed by atoms with van der Waals surface area (Å²) in [4.78, 5) is 12.3. The van der Waals surface area contributed by atoms with E-state index >= 15 is 0 Å². The Balaban J connectivity index is 1.50. The second kappa shape index (κ2) is 7.10. The number of carbonyl (C=O) groups is 1. The first-order valence-corrected chi connectivity index (χ1v) is 8.79. The van der Waals surface area contributed by atoms with Crippen molar-refractivity contribution >= 4 is 17.5 Å². The molecule has 5 heteroatoms. The molecule has 1 heterocycles. The molecular formula is C18H24ClNO3. The Morgan fingerprint density at radius 1 is 1.43 bits per heavy atom. The number of carbonyl (C=O) groups excluding carboxylic acids is 1. The number of amides is 1. The summed E-state index contributed by atoms with van der Waals surface area (Å²) in [5.74, 6) is 1.21. The number of hydrogen-bond donors (Lipinski definition) is 1. The molecule has 0 aromatic heterocycles. The van der Waals surface area contributed by atoms with E-state index in [-0.39, 0.29) is 17.2 Å². The van der Waals surface area contributed by atoms with Gasteiger partial charge in [-0.05, 0) is 61.8 Å². The monoisotopic (exact) mass is 337 g/mol. The third-order valence-electron chi connectivity index (χ3n) is 5.01. The number of nitrogens with one attached hydrogen (secondary N) is 1. The van der Waals surface area contributed by atoms with Crippen LogP contribution in [0.4, 0.5) is 0 Å². The zero-order valence-corrected chi connectivity index (χ0v) is 14.3. The van der Waals surface area contributed by atoms with Crippen molar-refractivity contribution in [2.24, 2.45) is 11.3 Å². The lowest BCUT2D eigenvalue weighted by molar-refractivity contribution is -0.123. The van der Waals surface area contributed by atoms with Gasteiger partial charge in [0.25, 0.3) is 0 Å². The summed E-state index contributed by atoms with van der Waals surface area (Å²) in [6.45, 7) is 4.78. The van der Waals surface area contributed by atoms with E-state index in [1.807, 2.05) is 25.1 Å². The van der Waals surface area contributed by atoms with E-state index in [0.717, 1.165) is 50.2 Å². The van der Waals surface area contributed by atoms with Crippen molar-refractivity contribution < 1.29 is 14.3 Å². The maximum Gasteiger partial charge on any atom is 0.223 e. The van der Waals surface area contributed by atoms with Crippen LogP contribution in [0.2, 0.25) is 5.02 Å². The van der Waals surface area contributed by atoms with Gasteiger partial charge in [-0.3, -0.25) is 4.79 Å². The second-order valence-corrected chi connectivity index (χ2v) is 6.89. The molecule has 1 aromatic rings. The van der Waals surface area contributed by atoms with E-state index in [9.17, 15) is 4.79 Å². The fraction of sp³-hybridized carbons (Fsp3) is 0.611. The molecular weight excluding hydrogens is 314 g/mol. The van der Waals surface area contributed by atoms with Crippen LogP contribution in [0, 0.1) is 11.3 Å². The number of hydrogen-bond acceptors (Lipinski definition) is 3. The van der Waals surface area contributed by atoms with E-state index in [1.54, 1.807) is 0 Å². The van der Waals surface area contributed by atoms with Crippen LogP contribution in [0.1, 0.15) is 31.7 Å². The fourth-order valence-corrected chi connectivity index (χ4v) is 3.73. The van der Waals surface area contributed by atoms with E-state index < -0.39 is 0 Å². The zero-order valence-electron chi connectivity index (χ0n) is 13.6. The van der Waals surface area contributed by atoms with Crippen molar-refractivity contribution in [3.63, 3.8) is 0 Å². The maximum atomic E-state index is 12.3. The highest BCUT2D eigenvalue weighted by atomic mass is 35.5. The van der Waals surface area contributed by atoms with Gasteiger partial charge in [0.1, 0.15) is 5.75 Å². The van der Waals surface area contributed by atoms with Crippen molar-refractivity contribution in [2.75, 3.05) is 26.4 Å². The molecule has 1 N–H and O–H groups in total. The largest absolute Gasteiger partial charge is 0.494 e. The Labute approximate surface area is 142 Å². The Hall–Kier alpha value is -1.26. The second-order valence-electron chi connectivity index (χ2n) is 6.46. The molecule has 1 saturated heterocycles. The molecule has 1 aromatic carbocycles. The topological polar surface area (TPSA) is 47.6 Å². The van der Waals surface area contributed by atoms with E-state index in [2.05, 4.69) is 5.32 Å². The van der Waals surface area contributed by atoms with Crippen molar-refractivity contribution in [3.8, 4) is 5.75 Å². The summed E-state index contributed by atoms with van der Waals surface area (Å²) >= 11 is 6.06. The van der Waals surface area contributed by atoms with Crippen LogP contribution in [0.15, 0.2) is 18.2 Å². The molecule has 1 saturated carbocycles. The van der Waals surface area contributed by atoms with Gasteiger partial charge in [-0.2, -0.15) is 0 Å². The first-order valence-electron chi connectivity index (χ1n) is 8.41. The van der Waals surface area contributed by atoms with Gasteiger partial charge in [0.2, 0.25) is 5.91 Å². The van der Waals surface area contributed by atoms with Gasteiger partial charge in [0.15, 0.2) is 0 Å². The quantitative estimate of drug-likeness (QED) is 0.867. The van der Waals surface area contributed by atoms with Gasteiger partial charge < -0.3 is 14.8 Å². The molecule has 1 atom stereocenters. The molecule has 126 valence electrons. The summed E-state index contributed by atoms with van der Waals surface area (Å²) < 4.78 is 11.0. The Morgan fingerprint density at radius 3 is 2.96 bits per heavy atom. The predicted molar refractivity (Wildman–Crippen MR) is 89.9 cm³/mol. The van der Waals surface area contributed by atoms with Gasteiger partial charge in [-0.15, -0.1) is 0 Å². The highest BCUT2D eigenvalue weighted by Crippen LogP contribution is 2.59. The minimum absolute atomic E-state index is 0.178. The Kier molecular flexibility index (Phi) is 5.12. The first kappa shape index (κ1) is 16.6. The minimum atomic E-state index is 0.178. The molecule has 2 fully saturated rings. The molecule has 1 spiro atoms. The van der Waals surface area contributed by atoms with Crippen molar-refractivity contribution in [1.29, 1.82) is 0 Å². The molecule has 1 unspecified atom stereocenters. The first-order chi connectivity index (χ1) is 11.1. The summed E-state index contributed by atoms with van der Waals surface area (Å²) in [5.41, 5.74) is 1.27. The number of halogens is 1. The highest BCUT2D eigenvalue weighted by molar-refractivity contribution is 6.30. The summed E-state index contributed by atoms with van der Waals surface area (Å²) in [5, 5.41) is 3.77. The lowest BCUT2D eigenvalue weighted by Crippen LogP contribution is -2.31. The number of rotatable bonds is 6. The van der Waals surface area contributed by atoms with E-state index in [1.165, 1.54) is 0 Å². The molecule has 4 nitrogen and oxygen atoms in total. The third-order valence-corrected chi connectivity index (χ3v) is 5.25. The predicted octanol–water partition coefficient (Wildman–Crippen LogP) is 3.21. The normalized spacial score (nSPS) is 21.9. The molecule has 2 aliphatic rings. The average Bonchev–Trinajstić information content (AvgIpc) is 3.24. The van der Waals surface area contributed by atoms with Gasteiger partial charge in [-0.25, -0.2) is 0 Å². The molecule has 0 radical (unpaired) electrons. The van der Waals surface area contributed by atoms with E-state index in [4.69, 9.17) is 21.1 Å². The molecule has 0 bridgehead atoms. The van der Waals surface area contributed by atoms with Crippen LogP contribution >= 0.6 is 11.6 Å². The van der Waals surface area contributed by atoms with Gasteiger partial charge in [-0.1, -0.05) is 11.6 Å². The average molecular weight is 338 g/mol. The zero-order chi connectivity index (χ0) is 16.3. The molecule has 1 aliphatic heterocycles. The lowest BCUT2D eigenvalue weighted by Gasteiger charge is -2.22. The highest BCUT2D eigenvalue weighted by Gasteiger charge is 2.57. The Bertz CT molecular complexity index is 569. The van der Waals surface area contributed by atoms with Crippen LogP contribution in [0.5, 0.6) is 5.75 Å². The molecule has 1 amide bonds. The van der Waals surface area contributed by atoms with Gasteiger partial charge in [0, 0.05) is 30.7 Å². The van der Waals surface area contributed by atoms with Crippen LogP contribution in [-0.2, 0) is 16.0 Å². The van der Waals surface area contributed by atoms with Gasteiger partial charge >= 0.3 is 0 Å². The van der Waals surface area contributed by atoms with Crippen LogP contribution < -0.4 is 10.1 Å². The minimum Gasteiger partial charge on any atom is -0.494 e. The molecule has 3 rings (SSSR count). The number of ether oxygens (including phenoxy) is 2. The van der Waals surface area contributed by atoms with Crippen molar-refractivity contribution in [3.05, 3.63) is 28.8 Å². The molecule has 1 aliphatic carbocycles. The van der Waals surface area contributed by atoms with Crippen molar-refractivity contribution in [2.45, 2.75) is 32.6 Å². The Morgan fingerprint density at radius 2 is 2.22 bits per heavy atom. The van der Waals surface area contributed by atoms with Crippen LogP contribution in [-0.4, -0.2) is 32.3 Å². The number of benzene rings is 1. The van der Waals surface area contributed by atoms with Crippen LogP contribution in [0.25, 0.3) is 0 Å². The van der Waals surface area contributed by atoms with E-state index in [0.29, 0.717) is 18.2 Å². The summed E-state index contributed by atoms with van der Waals surface area (Å²) in [6.07, 6.45) is 3.79. The molecule has 23 heavy (non-hydrogen) atoms. The van der Waals surface area contributed by atoms with Gasteiger partial charge in [0.05, 0.1) is 6.61 Å². The van der Waals surface area contributed by atoms with Crippen LogP contribution in [0.3, 0.4) is 0 Å².